The lowest BCUT2D eigenvalue weighted by atomic mass is 10.2. The monoisotopic (exact) mass is 265 g/mol. The molecule has 0 saturated heterocycles. The number of benzene rings is 1. The molecule has 94 valence electrons. The lowest BCUT2D eigenvalue weighted by Gasteiger charge is -2.09. The second kappa shape index (κ2) is 5.10. The molecule has 1 heterocycles. The molecule has 0 radical (unpaired) electrons. The zero-order valence-corrected chi connectivity index (χ0v) is 10.7. The van der Waals surface area contributed by atoms with E-state index in [9.17, 15) is 4.79 Å². The lowest BCUT2D eigenvalue weighted by Crippen LogP contribution is -2.04. The minimum absolute atomic E-state index is 0.325. The van der Waals surface area contributed by atoms with Crippen LogP contribution >= 0.6 is 11.6 Å². The van der Waals surface area contributed by atoms with Crippen molar-refractivity contribution in [2.24, 2.45) is 7.05 Å². The van der Waals surface area contributed by atoms with Gasteiger partial charge >= 0.3 is 5.97 Å². The summed E-state index contributed by atoms with van der Waals surface area (Å²) in [5.74, 6) is 0.349. The number of nitrogens with one attached hydrogen (secondary N) is 1. The summed E-state index contributed by atoms with van der Waals surface area (Å²) in [6.07, 6.45) is 1.68. The Kier molecular flexibility index (Phi) is 3.53. The van der Waals surface area contributed by atoms with E-state index in [0.29, 0.717) is 10.6 Å². The molecule has 0 amide bonds. The van der Waals surface area contributed by atoms with Gasteiger partial charge in [0.05, 0.1) is 23.9 Å². The minimum Gasteiger partial charge on any atom is -0.465 e. The highest BCUT2D eigenvalue weighted by Crippen LogP contribution is 2.23. The Bertz CT molecular complexity index is 580. The van der Waals surface area contributed by atoms with Crippen LogP contribution in [0.2, 0.25) is 5.02 Å². The van der Waals surface area contributed by atoms with Crippen molar-refractivity contribution in [2.75, 3.05) is 12.4 Å². The average molecular weight is 266 g/mol. The third kappa shape index (κ3) is 2.46. The minimum atomic E-state index is -0.464. The molecule has 0 aliphatic heterocycles. The number of hydrogen-bond acceptors (Lipinski definition) is 4. The molecule has 0 spiro atoms. The molecule has 1 aromatic carbocycles. The van der Waals surface area contributed by atoms with Crippen molar-refractivity contribution in [1.82, 2.24) is 9.78 Å². The topological polar surface area (TPSA) is 56.1 Å². The first-order valence-corrected chi connectivity index (χ1v) is 5.62. The smallest absolute Gasteiger partial charge is 0.339 e. The van der Waals surface area contributed by atoms with Crippen molar-refractivity contribution in [3.63, 3.8) is 0 Å². The van der Waals surface area contributed by atoms with Crippen LogP contribution in [-0.4, -0.2) is 22.9 Å². The van der Waals surface area contributed by atoms with Crippen molar-refractivity contribution in [3.05, 3.63) is 41.0 Å². The second-order valence-electron chi connectivity index (χ2n) is 3.65. The largest absolute Gasteiger partial charge is 0.465 e. The van der Waals surface area contributed by atoms with E-state index in [1.54, 1.807) is 29.1 Å². The number of esters is 1. The van der Waals surface area contributed by atoms with E-state index in [4.69, 9.17) is 11.6 Å². The van der Waals surface area contributed by atoms with Crippen LogP contribution in [0.3, 0.4) is 0 Å². The quantitative estimate of drug-likeness (QED) is 0.867. The molecular formula is C12H12ClN3O2. The summed E-state index contributed by atoms with van der Waals surface area (Å²) in [4.78, 5) is 11.5. The van der Waals surface area contributed by atoms with Crippen molar-refractivity contribution in [1.29, 1.82) is 0 Å². The normalized spacial score (nSPS) is 10.2. The van der Waals surface area contributed by atoms with Gasteiger partial charge in [-0.1, -0.05) is 11.6 Å². The van der Waals surface area contributed by atoms with Gasteiger partial charge in [-0.3, -0.25) is 4.68 Å². The number of rotatable bonds is 3. The van der Waals surface area contributed by atoms with Crippen LogP contribution < -0.4 is 5.32 Å². The third-order valence-electron chi connectivity index (χ3n) is 2.46. The number of halogens is 1. The van der Waals surface area contributed by atoms with E-state index < -0.39 is 5.97 Å². The number of aromatic nitrogens is 2. The maximum atomic E-state index is 11.5. The van der Waals surface area contributed by atoms with Gasteiger partial charge in [-0.25, -0.2) is 4.79 Å². The van der Waals surface area contributed by atoms with Crippen LogP contribution in [0.4, 0.5) is 11.5 Å². The fourth-order valence-corrected chi connectivity index (χ4v) is 1.71. The Morgan fingerprint density at radius 2 is 2.22 bits per heavy atom. The maximum absolute atomic E-state index is 11.5. The van der Waals surface area contributed by atoms with Gasteiger partial charge in [-0.2, -0.15) is 5.10 Å². The van der Waals surface area contributed by atoms with Gasteiger partial charge in [-0.05, 0) is 18.2 Å². The molecule has 0 saturated carbocycles. The number of nitrogens with zero attached hydrogens (tertiary/aromatic N) is 2. The summed E-state index contributed by atoms with van der Waals surface area (Å²) in [6, 6.07) is 6.89. The highest BCUT2D eigenvalue weighted by molar-refractivity contribution is 6.33. The van der Waals surface area contributed by atoms with Gasteiger partial charge in [-0.15, -0.1) is 0 Å². The highest BCUT2D eigenvalue weighted by Gasteiger charge is 2.11. The maximum Gasteiger partial charge on any atom is 0.339 e. The molecule has 0 bridgehead atoms. The number of aryl methyl sites for hydroxylation is 1. The van der Waals surface area contributed by atoms with Gasteiger partial charge in [0.15, 0.2) is 0 Å². The van der Waals surface area contributed by atoms with Gasteiger partial charge in [0.2, 0.25) is 0 Å². The number of carbonyl (C=O) groups is 1. The average Bonchev–Trinajstić information content (AvgIpc) is 2.76. The molecular weight excluding hydrogens is 254 g/mol. The van der Waals surface area contributed by atoms with Crippen LogP contribution in [0.15, 0.2) is 30.5 Å². The molecule has 1 aromatic heterocycles. The Hall–Kier alpha value is -2.01. The van der Waals surface area contributed by atoms with Crippen LogP contribution in [0, 0.1) is 0 Å². The number of ether oxygens (including phenoxy) is 1. The molecule has 0 fully saturated rings. The predicted molar refractivity (Wildman–Crippen MR) is 69.3 cm³/mol. The summed E-state index contributed by atoms with van der Waals surface area (Å²) in [5.41, 5.74) is 1.06. The van der Waals surface area contributed by atoms with Gasteiger partial charge in [0, 0.05) is 18.8 Å². The van der Waals surface area contributed by atoms with E-state index >= 15 is 0 Å². The van der Waals surface area contributed by atoms with Crippen LogP contribution in [0.1, 0.15) is 10.4 Å². The summed E-state index contributed by atoms with van der Waals surface area (Å²) in [5, 5.41) is 7.53. The molecule has 0 atom stereocenters. The van der Waals surface area contributed by atoms with Gasteiger partial charge in [0.25, 0.3) is 0 Å². The van der Waals surface area contributed by atoms with Gasteiger partial charge in [0.1, 0.15) is 5.82 Å². The lowest BCUT2D eigenvalue weighted by molar-refractivity contribution is 0.0601. The third-order valence-corrected chi connectivity index (χ3v) is 2.79. The Morgan fingerprint density at radius 3 is 2.83 bits per heavy atom. The Balaban J connectivity index is 2.30. The van der Waals surface area contributed by atoms with E-state index in [0.717, 1.165) is 11.5 Å². The van der Waals surface area contributed by atoms with E-state index in [1.807, 2.05) is 13.1 Å². The summed E-state index contributed by atoms with van der Waals surface area (Å²) >= 11 is 5.94. The van der Waals surface area contributed by atoms with Crippen molar-refractivity contribution in [2.45, 2.75) is 0 Å². The molecule has 2 rings (SSSR count). The highest BCUT2D eigenvalue weighted by atomic mass is 35.5. The van der Waals surface area contributed by atoms with E-state index in [1.165, 1.54) is 7.11 Å². The molecule has 18 heavy (non-hydrogen) atoms. The first-order chi connectivity index (χ1) is 8.61. The summed E-state index contributed by atoms with van der Waals surface area (Å²) in [6.45, 7) is 0. The van der Waals surface area contributed by atoms with Crippen LogP contribution in [-0.2, 0) is 11.8 Å². The first-order valence-electron chi connectivity index (χ1n) is 5.24. The number of carbonyl (C=O) groups excluding carboxylic acids is 1. The van der Waals surface area contributed by atoms with Crippen molar-refractivity contribution >= 4 is 29.1 Å². The van der Waals surface area contributed by atoms with Crippen molar-refractivity contribution < 1.29 is 9.53 Å². The molecule has 0 aliphatic rings. The van der Waals surface area contributed by atoms with Crippen LogP contribution in [0.5, 0.6) is 0 Å². The molecule has 5 nitrogen and oxygen atoms in total. The Morgan fingerprint density at radius 1 is 1.44 bits per heavy atom. The zero-order valence-electron chi connectivity index (χ0n) is 9.98. The zero-order chi connectivity index (χ0) is 13.1. The van der Waals surface area contributed by atoms with Crippen molar-refractivity contribution in [3.8, 4) is 0 Å². The van der Waals surface area contributed by atoms with Crippen LogP contribution in [0.25, 0.3) is 0 Å². The number of methoxy groups -OCH3 is 1. The summed E-state index contributed by atoms with van der Waals surface area (Å²) in [7, 11) is 3.14. The number of anilines is 2. The molecule has 0 unspecified atom stereocenters. The first kappa shape index (κ1) is 12.4. The predicted octanol–water partition coefficient (Wildman–Crippen LogP) is 2.60. The van der Waals surface area contributed by atoms with E-state index in [-0.39, 0.29) is 0 Å². The SMILES string of the molecule is COC(=O)c1cc(Nc2ccnn2C)ccc1Cl. The second-order valence-corrected chi connectivity index (χ2v) is 4.06. The molecule has 1 N–H and O–H groups in total. The molecule has 2 aromatic rings. The van der Waals surface area contributed by atoms with E-state index in [2.05, 4.69) is 15.2 Å². The molecule has 0 aliphatic carbocycles. The Labute approximate surface area is 109 Å². The summed E-state index contributed by atoms with van der Waals surface area (Å²) < 4.78 is 6.35. The fraction of sp³-hybridized carbons (Fsp3) is 0.167. The standard InChI is InChI=1S/C12H12ClN3O2/c1-16-11(5-6-14-16)15-8-3-4-10(13)9(7-8)12(17)18-2/h3-7,15H,1-2H3. The fourth-order valence-electron chi connectivity index (χ4n) is 1.51. The molecule has 6 heteroatoms. The van der Waals surface area contributed by atoms with Gasteiger partial charge < -0.3 is 10.1 Å². The number of hydrogen-bond donors (Lipinski definition) is 1.